The lowest BCUT2D eigenvalue weighted by atomic mass is 10.1. The molecule has 0 aromatic carbocycles. The van der Waals surface area contributed by atoms with Crippen molar-refractivity contribution in [2.24, 2.45) is 0 Å². The number of ether oxygens (including phenoxy) is 4. The molecular weight excluding hydrogens is 188 g/mol. The summed E-state index contributed by atoms with van der Waals surface area (Å²) in [5, 5.41) is 0. The van der Waals surface area contributed by atoms with Crippen molar-refractivity contribution in [3.63, 3.8) is 0 Å². The molecule has 3 atom stereocenters. The summed E-state index contributed by atoms with van der Waals surface area (Å²) in [7, 11) is 3.15. The summed E-state index contributed by atoms with van der Waals surface area (Å²) in [6.45, 7) is 2.19. The lowest BCUT2D eigenvalue weighted by molar-refractivity contribution is -0.194. The van der Waals surface area contributed by atoms with Crippen LogP contribution in [0.1, 0.15) is 6.92 Å². The Balaban J connectivity index is 2.58. The van der Waals surface area contributed by atoms with E-state index in [1.807, 2.05) is 0 Å². The van der Waals surface area contributed by atoms with Crippen molar-refractivity contribution in [1.82, 2.24) is 0 Å². The maximum atomic E-state index is 10.8. The number of esters is 1. The number of rotatable bonds is 3. The highest BCUT2D eigenvalue weighted by molar-refractivity contribution is 5.66. The lowest BCUT2D eigenvalue weighted by Gasteiger charge is -2.35. The van der Waals surface area contributed by atoms with Gasteiger partial charge in [-0.15, -0.1) is 0 Å². The summed E-state index contributed by atoms with van der Waals surface area (Å²) in [4.78, 5) is 10.8. The van der Waals surface area contributed by atoms with Crippen LogP contribution >= 0.6 is 0 Å². The van der Waals surface area contributed by atoms with Gasteiger partial charge < -0.3 is 18.9 Å². The SMILES string of the molecule is CO[C@H]1[C@@H](OC)COC[C@@H]1OC(C)=O. The molecule has 0 N–H and O–H groups in total. The molecule has 0 aliphatic carbocycles. The third kappa shape index (κ3) is 2.67. The molecule has 0 bridgehead atoms. The molecule has 0 aromatic rings. The van der Waals surface area contributed by atoms with Crippen molar-refractivity contribution in [3.05, 3.63) is 0 Å². The summed E-state index contributed by atoms with van der Waals surface area (Å²) in [5.74, 6) is -0.336. The van der Waals surface area contributed by atoms with Gasteiger partial charge in [0.2, 0.25) is 0 Å². The van der Waals surface area contributed by atoms with Crippen molar-refractivity contribution >= 4 is 5.97 Å². The number of hydrogen-bond donors (Lipinski definition) is 0. The fourth-order valence-electron chi connectivity index (χ4n) is 1.55. The molecule has 0 aromatic heterocycles. The van der Waals surface area contributed by atoms with Gasteiger partial charge >= 0.3 is 5.97 Å². The second-order valence-electron chi connectivity index (χ2n) is 3.16. The molecule has 1 rings (SSSR count). The molecule has 1 aliphatic heterocycles. The molecule has 1 fully saturated rings. The Hall–Kier alpha value is -0.650. The first-order valence-electron chi connectivity index (χ1n) is 4.49. The summed E-state index contributed by atoms with van der Waals surface area (Å²) in [6, 6.07) is 0. The Kier molecular flexibility index (Phi) is 4.31. The van der Waals surface area contributed by atoms with E-state index in [4.69, 9.17) is 18.9 Å². The standard InChI is InChI=1S/C9H16O5/c1-6(10)14-8-5-13-4-7(11-2)9(8)12-3/h7-9H,4-5H2,1-3H3/t7-,8-,9-/m0/s1. The molecule has 5 nitrogen and oxygen atoms in total. The van der Waals surface area contributed by atoms with Gasteiger partial charge in [-0.2, -0.15) is 0 Å². The quantitative estimate of drug-likeness (QED) is 0.605. The van der Waals surface area contributed by atoms with Crippen molar-refractivity contribution in [3.8, 4) is 0 Å². The van der Waals surface area contributed by atoms with E-state index in [-0.39, 0.29) is 24.3 Å². The van der Waals surface area contributed by atoms with E-state index < -0.39 is 0 Å². The normalized spacial score (nSPS) is 32.6. The highest BCUT2D eigenvalue weighted by Crippen LogP contribution is 2.17. The third-order valence-corrected chi connectivity index (χ3v) is 2.19. The molecule has 1 heterocycles. The number of carbonyl (C=O) groups excluding carboxylic acids is 1. The van der Waals surface area contributed by atoms with Crippen molar-refractivity contribution in [2.75, 3.05) is 27.4 Å². The van der Waals surface area contributed by atoms with Crippen LogP contribution in [0.5, 0.6) is 0 Å². The van der Waals surface area contributed by atoms with Crippen molar-refractivity contribution in [1.29, 1.82) is 0 Å². The van der Waals surface area contributed by atoms with Gasteiger partial charge in [0.25, 0.3) is 0 Å². The minimum Gasteiger partial charge on any atom is -0.457 e. The highest BCUT2D eigenvalue weighted by Gasteiger charge is 2.36. The van der Waals surface area contributed by atoms with Gasteiger partial charge in [-0.05, 0) is 0 Å². The zero-order valence-electron chi connectivity index (χ0n) is 8.69. The Labute approximate surface area is 83.3 Å². The molecular formula is C9H16O5. The van der Waals surface area contributed by atoms with Gasteiger partial charge in [0.05, 0.1) is 13.2 Å². The van der Waals surface area contributed by atoms with Crippen LogP contribution in [0.25, 0.3) is 0 Å². The predicted octanol–water partition coefficient (Wildman–Crippen LogP) is -0.0217. The van der Waals surface area contributed by atoms with Gasteiger partial charge in [-0.25, -0.2) is 0 Å². The van der Waals surface area contributed by atoms with Gasteiger partial charge in [-0.3, -0.25) is 4.79 Å². The minimum atomic E-state index is -0.379. The van der Waals surface area contributed by atoms with Gasteiger partial charge in [0.1, 0.15) is 12.2 Å². The first-order chi connectivity index (χ1) is 6.69. The molecule has 5 heteroatoms. The molecule has 0 spiro atoms. The van der Waals surface area contributed by atoms with E-state index in [0.29, 0.717) is 13.2 Å². The Morgan fingerprint density at radius 2 is 1.86 bits per heavy atom. The molecule has 1 saturated heterocycles. The van der Waals surface area contributed by atoms with Gasteiger partial charge in [0.15, 0.2) is 6.10 Å². The topological polar surface area (TPSA) is 54.0 Å². The lowest BCUT2D eigenvalue weighted by Crippen LogP contribution is -2.51. The Bertz CT molecular complexity index is 194. The monoisotopic (exact) mass is 204 g/mol. The largest absolute Gasteiger partial charge is 0.457 e. The van der Waals surface area contributed by atoms with Crippen LogP contribution in [0.4, 0.5) is 0 Å². The highest BCUT2D eigenvalue weighted by atomic mass is 16.6. The van der Waals surface area contributed by atoms with Crippen LogP contribution in [0.2, 0.25) is 0 Å². The smallest absolute Gasteiger partial charge is 0.303 e. The summed E-state index contributed by atoms with van der Waals surface area (Å²) in [5.41, 5.74) is 0. The first-order valence-corrected chi connectivity index (χ1v) is 4.49. The molecule has 0 amide bonds. The molecule has 14 heavy (non-hydrogen) atoms. The maximum Gasteiger partial charge on any atom is 0.303 e. The van der Waals surface area contributed by atoms with E-state index >= 15 is 0 Å². The van der Waals surface area contributed by atoms with E-state index in [9.17, 15) is 4.79 Å². The van der Waals surface area contributed by atoms with E-state index in [1.54, 1.807) is 14.2 Å². The number of hydrogen-bond acceptors (Lipinski definition) is 5. The second-order valence-corrected chi connectivity index (χ2v) is 3.16. The Morgan fingerprint density at radius 1 is 1.21 bits per heavy atom. The number of carbonyl (C=O) groups is 1. The van der Waals surface area contributed by atoms with E-state index in [1.165, 1.54) is 6.92 Å². The fraction of sp³-hybridized carbons (Fsp3) is 0.889. The Morgan fingerprint density at radius 3 is 2.36 bits per heavy atom. The van der Waals surface area contributed by atoms with Crippen LogP contribution in [-0.2, 0) is 23.7 Å². The average Bonchev–Trinajstić information content (AvgIpc) is 2.16. The third-order valence-electron chi connectivity index (χ3n) is 2.19. The first kappa shape index (κ1) is 11.4. The van der Waals surface area contributed by atoms with Crippen molar-refractivity contribution < 1.29 is 23.7 Å². The molecule has 0 saturated carbocycles. The van der Waals surface area contributed by atoms with Crippen LogP contribution in [0.3, 0.4) is 0 Å². The summed E-state index contributed by atoms with van der Waals surface area (Å²) < 4.78 is 20.7. The van der Waals surface area contributed by atoms with Gasteiger partial charge in [-0.1, -0.05) is 0 Å². The second kappa shape index (κ2) is 5.29. The van der Waals surface area contributed by atoms with Crippen LogP contribution in [0, 0.1) is 0 Å². The van der Waals surface area contributed by atoms with E-state index in [0.717, 1.165) is 0 Å². The van der Waals surface area contributed by atoms with Crippen molar-refractivity contribution in [2.45, 2.75) is 25.2 Å². The van der Waals surface area contributed by atoms with Crippen LogP contribution in [0.15, 0.2) is 0 Å². The molecule has 1 aliphatic rings. The van der Waals surface area contributed by atoms with Gasteiger partial charge in [0, 0.05) is 21.1 Å². The molecule has 82 valence electrons. The van der Waals surface area contributed by atoms with Crippen LogP contribution in [-0.4, -0.2) is 51.7 Å². The zero-order chi connectivity index (χ0) is 10.6. The number of methoxy groups -OCH3 is 2. The molecule has 0 radical (unpaired) electrons. The van der Waals surface area contributed by atoms with Crippen LogP contribution < -0.4 is 0 Å². The van der Waals surface area contributed by atoms with E-state index in [2.05, 4.69) is 0 Å². The minimum absolute atomic E-state index is 0.182. The predicted molar refractivity (Wildman–Crippen MR) is 48.0 cm³/mol. The summed E-state index contributed by atoms with van der Waals surface area (Å²) >= 11 is 0. The summed E-state index contributed by atoms with van der Waals surface area (Å²) in [6.07, 6.45) is -0.813. The fourth-order valence-corrected chi connectivity index (χ4v) is 1.55. The molecule has 0 unspecified atom stereocenters. The average molecular weight is 204 g/mol. The zero-order valence-corrected chi connectivity index (χ0v) is 8.69. The maximum absolute atomic E-state index is 10.8.